The third-order valence-corrected chi connectivity index (χ3v) is 7.35. The molecule has 0 atom stereocenters. The first-order valence-electron chi connectivity index (χ1n) is 8.81. The molecule has 3 aromatic heterocycles. The van der Waals surface area contributed by atoms with E-state index < -0.39 is 25.8 Å². The number of aromatic carboxylic acids is 1. The number of benzene rings is 1. The number of sulfone groups is 1. The van der Waals surface area contributed by atoms with Gasteiger partial charge in [0.05, 0.1) is 26.7 Å². The summed E-state index contributed by atoms with van der Waals surface area (Å²) in [5, 5.41) is 9.37. The van der Waals surface area contributed by atoms with E-state index in [9.17, 15) is 21.6 Å². The molecular formula is C20H15N3O6S2. The summed E-state index contributed by atoms with van der Waals surface area (Å²) in [7, 11) is -7.69. The van der Waals surface area contributed by atoms with Crippen LogP contribution in [0.25, 0.3) is 22.4 Å². The molecule has 0 bridgehead atoms. The summed E-state index contributed by atoms with van der Waals surface area (Å²) in [5.74, 6) is -1.17. The monoisotopic (exact) mass is 457 g/mol. The predicted molar refractivity (Wildman–Crippen MR) is 112 cm³/mol. The normalized spacial score (nSPS) is 12.2. The van der Waals surface area contributed by atoms with E-state index in [1.165, 1.54) is 36.4 Å². The van der Waals surface area contributed by atoms with Gasteiger partial charge in [0, 0.05) is 24.0 Å². The van der Waals surface area contributed by atoms with Crippen molar-refractivity contribution in [3.05, 3.63) is 72.6 Å². The Kier molecular flexibility index (Phi) is 4.86. The third kappa shape index (κ3) is 3.68. The van der Waals surface area contributed by atoms with E-state index in [2.05, 4.69) is 9.97 Å². The van der Waals surface area contributed by atoms with Crippen LogP contribution in [0.15, 0.2) is 76.8 Å². The van der Waals surface area contributed by atoms with E-state index in [4.69, 9.17) is 5.11 Å². The molecule has 4 rings (SSSR count). The molecule has 0 amide bonds. The third-order valence-electron chi connectivity index (χ3n) is 4.56. The van der Waals surface area contributed by atoms with Crippen LogP contribution < -0.4 is 0 Å². The van der Waals surface area contributed by atoms with Crippen molar-refractivity contribution in [2.45, 2.75) is 9.79 Å². The van der Waals surface area contributed by atoms with Gasteiger partial charge in [0.15, 0.2) is 15.5 Å². The summed E-state index contributed by atoms with van der Waals surface area (Å²) in [6, 6.07) is 13.2. The standard InChI is InChI=1S/C20H15N3O6S2/c1-30(26,27)16-9-14-10-18(17-8-7-13(11-21-17)20(24)25)23(19(14)22-12-16)31(28,29)15-5-3-2-4-6-15/h2-12H,1H3,(H,24,25). The second kappa shape index (κ2) is 7.29. The highest BCUT2D eigenvalue weighted by atomic mass is 32.2. The Morgan fingerprint density at radius 3 is 2.19 bits per heavy atom. The number of aromatic nitrogens is 3. The zero-order valence-corrected chi connectivity index (χ0v) is 17.6. The number of carboxylic acid groups (broad SMARTS) is 1. The van der Waals surface area contributed by atoms with Gasteiger partial charge in [0.2, 0.25) is 0 Å². The molecule has 158 valence electrons. The van der Waals surface area contributed by atoms with Crippen molar-refractivity contribution in [1.82, 2.24) is 13.9 Å². The van der Waals surface area contributed by atoms with Gasteiger partial charge in [-0.2, -0.15) is 0 Å². The lowest BCUT2D eigenvalue weighted by Crippen LogP contribution is -2.15. The summed E-state index contributed by atoms with van der Waals surface area (Å²) in [5.41, 5.74) is 0.266. The fourth-order valence-electron chi connectivity index (χ4n) is 3.04. The van der Waals surface area contributed by atoms with Gasteiger partial charge in [0.1, 0.15) is 0 Å². The van der Waals surface area contributed by atoms with Gasteiger partial charge in [0.25, 0.3) is 10.0 Å². The molecule has 4 aromatic rings. The highest BCUT2D eigenvalue weighted by Gasteiger charge is 2.26. The predicted octanol–water partition coefficient (Wildman–Crippen LogP) is 2.44. The van der Waals surface area contributed by atoms with E-state index in [1.54, 1.807) is 18.2 Å². The SMILES string of the molecule is CS(=O)(=O)c1cnc2c(c1)cc(-c1ccc(C(=O)O)cn1)n2S(=O)(=O)c1ccccc1. The van der Waals surface area contributed by atoms with E-state index >= 15 is 0 Å². The maximum absolute atomic E-state index is 13.4. The lowest BCUT2D eigenvalue weighted by atomic mass is 10.2. The molecular weight excluding hydrogens is 442 g/mol. The zero-order chi connectivity index (χ0) is 22.4. The fourth-order valence-corrected chi connectivity index (χ4v) is 5.13. The van der Waals surface area contributed by atoms with Crippen molar-refractivity contribution in [3.63, 3.8) is 0 Å². The summed E-state index contributed by atoms with van der Waals surface area (Å²) in [6.45, 7) is 0. The first-order chi connectivity index (χ1) is 14.6. The molecule has 0 saturated carbocycles. The molecule has 11 heteroatoms. The Labute approximate surface area is 177 Å². The number of rotatable bonds is 5. The average molecular weight is 457 g/mol. The Hall–Kier alpha value is -3.57. The lowest BCUT2D eigenvalue weighted by Gasteiger charge is -2.11. The van der Waals surface area contributed by atoms with Crippen molar-refractivity contribution < 1.29 is 26.7 Å². The fraction of sp³-hybridized carbons (Fsp3) is 0.0500. The summed E-state index contributed by atoms with van der Waals surface area (Å²) < 4.78 is 51.7. The van der Waals surface area contributed by atoms with Crippen molar-refractivity contribution in [1.29, 1.82) is 0 Å². The van der Waals surface area contributed by atoms with Crippen molar-refractivity contribution in [2.75, 3.05) is 6.26 Å². The molecule has 0 aliphatic rings. The van der Waals surface area contributed by atoms with Crippen molar-refractivity contribution in [3.8, 4) is 11.4 Å². The number of pyridine rings is 2. The number of nitrogens with zero attached hydrogens (tertiary/aromatic N) is 3. The highest BCUT2D eigenvalue weighted by molar-refractivity contribution is 7.90. The minimum atomic E-state index is -4.13. The summed E-state index contributed by atoms with van der Waals surface area (Å²) in [4.78, 5) is 19.3. The number of hydrogen-bond donors (Lipinski definition) is 1. The second-order valence-electron chi connectivity index (χ2n) is 6.71. The largest absolute Gasteiger partial charge is 0.478 e. The Morgan fingerprint density at radius 1 is 0.903 bits per heavy atom. The first-order valence-corrected chi connectivity index (χ1v) is 12.1. The maximum atomic E-state index is 13.4. The van der Waals surface area contributed by atoms with Gasteiger partial charge in [-0.3, -0.25) is 4.98 Å². The van der Waals surface area contributed by atoms with Crippen LogP contribution in [0.2, 0.25) is 0 Å². The molecule has 31 heavy (non-hydrogen) atoms. The maximum Gasteiger partial charge on any atom is 0.337 e. The molecule has 0 spiro atoms. The van der Waals surface area contributed by atoms with Crippen LogP contribution in [-0.2, 0) is 19.9 Å². The van der Waals surface area contributed by atoms with Gasteiger partial charge < -0.3 is 5.11 Å². The molecule has 0 unspecified atom stereocenters. The van der Waals surface area contributed by atoms with E-state index in [-0.39, 0.29) is 37.8 Å². The average Bonchev–Trinajstić information content (AvgIpc) is 3.13. The minimum Gasteiger partial charge on any atom is -0.478 e. The van der Waals surface area contributed by atoms with Crippen LogP contribution in [0.4, 0.5) is 0 Å². The van der Waals surface area contributed by atoms with Crippen LogP contribution in [0.5, 0.6) is 0 Å². The van der Waals surface area contributed by atoms with Crippen molar-refractivity contribution >= 4 is 36.9 Å². The van der Waals surface area contributed by atoms with Gasteiger partial charge in [-0.05, 0) is 36.4 Å². The van der Waals surface area contributed by atoms with Crippen LogP contribution >= 0.6 is 0 Å². The molecule has 1 aromatic carbocycles. The van der Waals surface area contributed by atoms with Crippen LogP contribution in [0.3, 0.4) is 0 Å². The van der Waals surface area contributed by atoms with Gasteiger partial charge >= 0.3 is 5.97 Å². The lowest BCUT2D eigenvalue weighted by molar-refractivity contribution is 0.0696. The van der Waals surface area contributed by atoms with E-state index in [0.29, 0.717) is 0 Å². The summed E-state index contributed by atoms with van der Waals surface area (Å²) in [6.07, 6.45) is 3.24. The van der Waals surface area contributed by atoms with Crippen LogP contribution in [-0.4, -0.2) is 48.1 Å². The first kappa shape index (κ1) is 20.7. The quantitative estimate of drug-likeness (QED) is 0.482. The Balaban J connectivity index is 2.04. The molecule has 0 aliphatic heterocycles. The molecule has 0 fully saturated rings. The summed E-state index contributed by atoms with van der Waals surface area (Å²) >= 11 is 0. The Morgan fingerprint density at radius 2 is 1.61 bits per heavy atom. The Bertz CT molecular complexity index is 1530. The molecule has 0 radical (unpaired) electrons. The molecule has 0 saturated heterocycles. The molecule has 3 heterocycles. The highest BCUT2D eigenvalue weighted by Crippen LogP contribution is 2.31. The number of carboxylic acids is 1. The number of fused-ring (bicyclic) bond motifs is 1. The number of hydrogen-bond acceptors (Lipinski definition) is 7. The molecule has 0 aliphatic carbocycles. The van der Waals surface area contributed by atoms with Crippen LogP contribution in [0, 0.1) is 0 Å². The van der Waals surface area contributed by atoms with Gasteiger partial charge in [-0.15, -0.1) is 0 Å². The van der Waals surface area contributed by atoms with Crippen molar-refractivity contribution in [2.24, 2.45) is 0 Å². The van der Waals surface area contributed by atoms with E-state index in [0.717, 1.165) is 22.6 Å². The van der Waals surface area contributed by atoms with E-state index in [1.807, 2.05) is 0 Å². The molecule has 1 N–H and O–H groups in total. The van der Waals surface area contributed by atoms with Crippen LogP contribution in [0.1, 0.15) is 10.4 Å². The topological polar surface area (TPSA) is 136 Å². The number of carbonyl (C=O) groups is 1. The smallest absolute Gasteiger partial charge is 0.337 e. The minimum absolute atomic E-state index is 0.00453. The second-order valence-corrected chi connectivity index (χ2v) is 10.5. The van der Waals surface area contributed by atoms with Gasteiger partial charge in [-0.25, -0.2) is 30.6 Å². The molecule has 9 nitrogen and oxygen atoms in total. The zero-order valence-electron chi connectivity index (χ0n) is 16.0. The van der Waals surface area contributed by atoms with Gasteiger partial charge in [-0.1, -0.05) is 18.2 Å².